The van der Waals surface area contributed by atoms with Crippen molar-refractivity contribution in [2.24, 2.45) is 11.8 Å². The molecule has 0 bridgehead atoms. The number of halogens is 1. The lowest BCUT2D eigenvalue weighted by atomic mass is 9.92. The van der Waals surface area contributed by atoms with Gasteiger partial charge in [0.05, 0.1) is 18.2 Å². The van der Waals surface area contributed by atoms with E-state index >= 15 is 0 Å². The molecule has 3 rings (SSSR count). The Hall–Kier alpha value is -1.76. The third-order valence-corrected chi connectivity index (χ3v) is 6.58. The van der Waals surface area contributed by atoms with Crippen LogP contribution in [0.1, 0.15) is 49.9 Å². The predicted molar refractivity (Wildman–Crippen MR) is 115 cm³/mol. The van der Waals surface area contributed by atoms with E-state index in [0.29, 0.717) is 47.1 Å². The zero-order valence-electron chi connectivity index (χ0n) is 17.6. The van der Waals surface area contributed by atoms with Crippen LogP contribution in [0.25, 0.3) is 0 Å². The van der Waals surface area contributed by atoms with E-state index in [1.807, 2.05) is 16.7 Å². The number of amides is 2. The minimum absolute atomic E-state index is 0.0362. The maximum atomic E-state index is 13.0. The van der Waals surface area contributed by atoms with Crippen molar-refractivity contribution in [1.29, 1.82) is 0 Å². The van der Waals surface area contributed by atoms with Crippen LogP contribution in [0.4, 0.5) is 0 Å². The second-order valence-electron chi connectivity index (χ2n) is 8.00. The molecule has 2 heterocycles. The minimum atomic E-state index is -0.0373. The molecule has 2 fully saturated rings. The van der Waals surface area contributed by atoms with Crippen LogP contribution in [0, 0.1) is 11.8 Å². The molecule has 2 saturated heterocycles. The SMILES string of the molecule is CCOc1c(Br)cc(C(=O)N2CCC(C(=O)N3CCC(C)CC3)CC2)cc1OC. The van der Waals surface area contributed by atoms with E-state index in [-0.39, 0.29) is 17.7 Å². The average molecular weight is 467 g/mol. The molecule has 160 valence electrons. The van der Waals surface area contributed by atoms with Crippen molar-refractivity contribution < 1.29 is 19.1 Å². The molecule has 2 aliphatic rings. The van der Waals surface area contributed by atoms with Crippen LogP contribution >= 0.6 is 15.9 Å². The van der Waals surface area contributed by atoms with Gasteiger partial charge < -0.3 is 19.3 Å². The van der Waals surface area contributed by atoms with Crippen molar-refractivity contribution >= 4 is 27.7 Å². The van der Waals surface area contributed by atoms with Gasteiger partial charge in [-0.1, -0.05) is 6.92 Å². The van der Waals surface area contributed by atoms with Gasteiger partial charge in [-0.15, -0.1) is 0 Å². The van der Waals surface area contributed by atoms with E-state index in [0.717, 1.165) is 38.8 Å². The summed E-state index contributed by atoms with van der Waals surface area (Å²) in [7, 11) is 1.57. The number of methoxy groups -OCH3 is 1. The molecule has 0 saturated carbocycles. The molecule has 0 unspecified atom stereocenters. The topological polar surface area (TPSA) is 59.1 Å². The van der Waals surface area contributed by atoms with Gasteiger partial charge in [0, 0.05) is 37.7 Å². The molecule has 6 nitrogen and oxygen atoms in total. The van der Waals surface area contributed by atoms with E-state index in [1.54, 1.807) is 19.2 Å². The highest BCUT2D eigenvalue weighted by Gasteiger charge is 2.32. The second-order valence-corrected chi connectivity index (χ2v) is 8.85. The summed E-state index contributed by atoms with van der Waals surface area (Å²) < 4.78 is 11.7. The Balaban J connectivity index is 1.61. The fourth-order valence-electron chi connectivity index (χ4n) is 4.13. The quantitative estimate of drug-likeness (QED) is 0.658. The maximum Gasteiger partial charge on any atom is 0.254 e. The van der Waals surface area contributed by atoms with Crippen LogP contribution in [0.2, 0.25) is 0 Å². The zero-order chi connectivity index (χ0) is 21.0. The lowest BCUT2D eigenvalue weighted by Crippen LogP contribution is -2.46. The molecular formula is C22H31BrN2O4. The first-order chi connectivity index (χ1) is 13.9. The van der Waals surface area contributed by atoms with Crippen molar-refractivity contribution in [3.8, 4) is 11.5 Å². The van der Waals surface area contributed by atoms with E-state index in [4.69, 9.17) is 9.47 Å². The van der Waals surface area contributed by atoms with Gasteiger partial charge in [0.15, 0.2) is 11.5 Å². The predicted octanol–water partition coefficient (Wildman–Crippen LogP) is 3.97. The molecule has 0 aliphatic carbocycles. The summed E-state index contributed by atoms with van der Waals surface area (Å²) in [4.78, 5) is 29.7. The molecule has 0 aromatic heterocycles. The maximum absolute atomic E-state index is 13.0. The molecule has 0 atom stereocenters. The van der Waals surface area contributed by atoms with Gasteiger partial charge in [-0.25, -0.2) is 0 Å². The highest BCUT2D eigenvalue weighted by molar-refractivity contribution is 9.10. The number of ether oxygens (including phenoxy) is 2. The van der Waals surface area contributed by atoms with E-state index in [2.05, 4.69) is 22.9 Å². The Morgan fingerprint density at radius 2 is 1.69 bits per heavy atom. The van der Waals surface area contributed by atoms with Gasteiger partial charge in [-0.2, -0.15) is 0 Å². The largest absolute Gasteiger partial charge is 0.493 e. The van der Waals surface area contributed by atoms with Crippen LogP contribution in [-0.2, 0) is 4.79 Å². The van der Waals surface area contributed by atoms with Crippen LogP contribution in [0.15, 0.2) is 16.6 Å². The lowest BCUT2D eigenvalue weighted by molar-refractivity contribution is -0.138. The Bertz CT molecular complexity index is 739. The summed E-state index contributed by atoms with van der Waals surface area (Å²) in [6.07, 6.45) is 3.65. The van der Waals surface area contributed by atoms with Crippen LogP contribution in [0.3, 0.4) is 0 Å². The highest BCUT2D eigenvalue weighted by Crippen LogP contribution is 2.37. The Morgan fingerprint density at radius 3 is 2.28 bits per heavy atom. The Morgan fingerprint density at radius 1 is 1.07 bits per heavy atom. The number of likely N-dealkylation sites (tertiary alicyclic amines) is 2. The van der Waals surface area contributed by atoms with E-state index in [9.17, 15) is 9.59 Å². The van der Waals surface area contributed by atoms with E-state index < -0.39 is 0 Å². The van der Waals surface area contributed by atoms with Gasteiger partial charge in [0.25, 0.3) is 5.91 Å². The summed E-state index contributed by atoms with van der Waals surface area (Å²) in [5.74, 6) is 2.12. The summed E-state index contributed by atoms with van der Waals surface area (Å²) >= 11 is 3.48. The number of carbonyl (C=O) groups is 2. The minimum Gasteiger partial charge on any atom is -0.493 e. The highest BCUT2D eigenvalue weighted by atomic mass is 79.9. The van der Waals surface area contributed by atoms with Crippen LogP contribution in [0.5, 0.6) is 11.5 Å². The first-order valence-electron chi connectivity index (χ1n) is 10.5. The fraction of sp³-hybridized carbons (Fsp3) is 0.636. The van der Waals surface area contributed by atoms with Gasteiger partial charge in [-0.3, -0.25) is 9.59 Å². The summed E-state index contributed by atoms with van der Waals surface area (Å²) in [6.45, 7) is 7.62. The second kappa shape index (κ2) is 9.83. The van der Waals surface area contributed by atoms with Gasteiger partial charge >= 0.3 is 0 Å². The third kappa shape index (κ3) is 5.05. The first-order valence-corrected chi connectivity index (χ1v) is 11.3. The number of piperidine rings is 2. The standard InChI is InChI=1S/C22H31BrN2O4/c1-4-29-20-18(23)13-17(14-19(20)28-3)22(27)25-11-7-16(8-12-25)21(26)24-9-5-15(2)6-10-24/h13-16H,4-12H2,1-3H3. The normalized spacial score (nSPS) is 18.6. The van der Waals surface area contributed by atoms with Crippen molar-refractivity contribution in [2.45, 2.75) is 39.5 Å². The number of benzene rings is 1. The van der Waals surface area contributed by atoms with Gasteiger partial charge in [0.2, 0.25) is 5.91 Å². The number of hydrogen-bond acceptors (Lipinski definition) is 4. The number of carbonyl (C=O) groups excluding carboxylic acids is 2. The van der Waals surface area contributed by atoms with Crippen LogP contribution < -0.4 is 9.47 Å². The monoisotopic (exact) mass is 466 g/mol. The summed E-state index contributed by atoms with van der Waals surface area (Å²) in [6, 6.07) is 3.51. The fourth-order valence-corrected chi connectivity index (χ4v) is 4.68. The zero-order valence-corrected chi connectivity index (χ0v) is 19.2. The van der Waals surface area contributed by atoms with Crippen molar-refractivity contribution in [3.05, 3.63) is 22.2 Å². The molecule has 1 aromatic carbocycles. The molecule has 29 heavy (non-hydrogen) atoms. The number of rotatable bonds is 5. The Kier molecular flexibility index (Phi) is 7.44. The average Bonchev–Trinajstić information content (AvgIpc) is 2.74. The number of nitrogens with zero attached hydrogens (tertiary/aromatic N) is 2. The third-order valence-electron chi connectivity index (χ3n) is 5.99. The van der Waals surface area contributed by atoms with Crippen molar-refractivity contribution in [2.75, 3.05) is 39.9 Å². The van der Waals surface area contributed by atoms with E-state index in [1.165, 1.54) is 0 Å². The summed E-state index contributed by atoms with van der Waals surface area (Å²) in [5, 5.41) is 0. The van der Waals surface area contributed by atoms with Gasteiger partial charge in [-0.05, 0) is 66.6 Å². The van der Waals surface area contributed by atoms with Crippen LogP contribution in [-0.4, -0.2) is 61.5 Å². The van der Waals surface area contributed by atoms with Crippen molar-refractivity contribution in [1.82, 2.24) is 9.80 Å². The molecule has 2 amide bonds. The molecular weight excluding hydrogens is 436 g/mol. The van der Waals surface area contributed by atoms with Gasteiger partial charge in [0.1, 0.15) is 0 Å². The first kappa shape index (κ1) is 21.9. The number of hydrogen-bond donors (Lipinski definition) is 0. The molecule has 0 radical (unpaired) electrons. The Labute approximate surface area is 181 Å². The summed E-state index contributed by atoms with van der Waals surface area (Å²) in [5.41, 5.74) is 0.562. The lowest BCUT2D eigenvalue weighted by Gasteiger charge is -2.36. The molecule has 1 aromatic rings. The molecule has 7 heteroatoms. The smallest absolute Gasteiger partial charge is 0.254 e. The molecule has 0 N–H and O–H groups in total. The van der Waals surface area contributed by atoms with Crippen molar-refractivity contribution in [3.63, 3.8) is 0 Å². The molecule has 2 aliphatic heterocycles. The molecule has 0 spiro atoms.